The van der Waals surface area contributed by atoms with E-state index in [0.29, 0.717) is 23.5 Å². The number of fused-ring (bicyclic) bond motifs is 1. The lowest BCUT2D eigenvalue weighted by Gasteiger charge is -2.34. The number of sulfonamides is 1. The van der Waals surface area contributed by atoms with Crippen molar-refractivity contribution in [2.24, 2.45) is 0 Å². The van der Waals surface area contributed by atoms with E-state index in [0.717, 1.165) is 25.2 Å². The van der Waals surface area contributed by atoms with E-state index < -0.39 is 16.1 Å². The molecule has 1 saturated heterocycles. The predicted molar refractivity (Wildman–Crippen MR) is 145 cm³/mol. The van der Waals surface area contributed by atoms with Crippen LogP contribution in [0, 0.1) is 0 Å². The Morgan fingerprint density at radius 2 is 1.54 bits per heavy atom. The third kappa shape index (κ3) is 6.14. The van der Waals surface area contributed by atoms with Gasteiger partial charge >= 0.3 is 0 Å². The number of piperidine rings is 1. The first-order valence-corrected chi connectivity index (χ1v) is 14.5. The number of anilines is 1. The average Bonchev–Trinajstić information content (AvgIpc) is 2.92. The minimum Gasteiger partial charge on any atom is -0.476 e. The van der Waals surface area contributed by atoms with Gasteiger partial charge in [0.05, 0.1) is 18.0 Å². The molecule has 0 aromatic heterocycles. The maximum Gasteiger partial charge on any atom is 0.263 e. The zero-order valence-electron chi connectivity index (χ0n) is 20.9. The summed E-state index contributed by atoms with van der Waals surface area (Å²) in [6, 6.07) is 24.2. The molecule has 37 heavy (non-hydrogen) atoms. The molecule has 2 aliphatic heterocycles. The highest BCUT2D eigenvalue weighted by molar-refractivity contribution is 7.92. The minimum atomic E-state index is -3.74. The molecule has 0 unspecified atom stereocenters. The van der Waals surface area contributed by atoms with Gasteiger partial charge in [-0.2, -0.15) is 0 Å². The Labute approximate surface area is 219 Å². The fraction of sp³-hybridized carbons (Fsp3) is 0.345. The molecule has 5 rings (SSSR count). The van der Waals surface area contributed by atoms with Crippen LogP contribution in [-0.4, -0.2) is 45.0 Å². The SMILES string of the molecule is O=C(NCc1ccccc1CN1CCCCC1)[C@H]1CN(S(=O)(=O)Cc2ccccc2)c2ccccc2O1. The largest absolute Gasteiger partial charge is 0.476 e. The number of rotatable bonds is 8. The van der Waals surface area contributed by atoms with Gasteiger partial charge in [0.1, 0.15) is 5.75 Å². The van der Waals surface area contributed by atoms with Gasteiger partial charge in [0.15, 0.2) is 6.10 Å². The number of amides is 1. The first-order valence-electron chi connectivity index (χ1n) is 12.9. The molecule has 0 aliphatic carbocycles. The van der Waals surface area contributed by atoms with Crippen molar-refractivity contribution in [3.63, 3.8) is 0 Å². The second kappa shape index (κ2) is 11.4. The molecule has 1 atom stereocenters. The van der Waals surface area contributed by atoms with E-state index in [4.69, 9.17) is 4.74 Å². The molecular weight excluding hydrogens is 486 g/mol. The molecule has 3 aromatic carbocycles. The van der Waals surface area contributed by atoms with E-state index in [-0.39, 0.29) is 18.2 Å². The third-order valence-electron chi connectivity index (χ3n) is 6.97. The molecule has 0 bridgehead atoms. The van der Waals surface area contributed by atoms with Crippen LogP contribution in [0.15, 0.2) is 78.9 Å². The summed E-state index contributed by atoms with van der Waals surface area (Å²) in [6.45, 7) is 3.35. The lowest BCUT2D eigenvalue weighted by atomic mass is 10.0. The number of nitrogens with zero attached hydrogens (tertiary/aromatic N) is 2. The fourth-order valence-electron chi connectivity index (χ4n) is 5.00. The summed E-state index contributed by atoms with van der Waals surface area (Å²) in [5.74, 6) is -0.0985. The van der Waals surface area contributed by atoms with Crippen LogP contribution in [0.2, 0.25) is 0 Å². The molecule has 1 N–H and O–H groups in total. The molecule has 2 aliphatic rings. The molecule has 3 aromatic rings. The van der Waals surface area contributed by atoms with Crippen LogP contribution < -0.4 is 14.4 Å². The van der Waals surface area contributed by atoms with E-state index in [1.165, 1.54) is 29.1 Å². The van der Waals surface area contributed by atoms with Gasteiger partial charge in [-0.3, -0.25) is 14.0 Å². The highest BCUT2D eigenvalue weighted by Gasteiger charge is 2.36. The van der Waals surface area contributed by atoms with Gasteiger partial charge < -0.3 is 10.1 Å². The third-order valence-corrected chi connectivity index (χ3v) is 8.68. The molecule has 7 nitrogen and oxygen atoms in total. The number of ether oxygens (including phenoxy) is 1. The van der Waals surface area contributed by atoms with Crippen LogP contribution in [0.5, 0.6) is 5.75 Å². The standard InChI is InChI=1S/C29H33N3O4S/c33-29(30-19-24-13-5-6-14-25(24)20-31-17-9-2-10-18-31)28-21-32(26-15-7-8-16-27(26)36-28)37(34,35)22-23-11-3-1-4-12-23/h1,3-8,11-16,28H,2,9-10,17-22H2,(H,30,33)/t28-/m1/s1. The van der Waals surface area contributed by atoms with Gasteiger partial charge in [0.25, 0.3) is 5.91 Å². The molecule has 2 heterocycles. The second-order valence-electron chi connectivity index (χ2n) is 9.67. The van der Waals surface area contributed by atoms with Crippen molar-refractivity contribution in [3.8, 4) is 5.75 Å². The first kappa shape index (κ1) is 25.3. The van der Waals surface area contributed by atoms with Crippen LogP contribution in [0.4, 0.5) is 5.69 Å². The molecule has 194 valence electrons. The maximum atomic E-state index is 13.4. The van der Waals surface area contributed by atoms with Crippen molar-refractivity contribution in [1.29, 1.82) is 0 Å². The molecule has 1 fully saturated rings. The monoisotopic (exact) mass is 519 g/mol. The van der Waals surface area contributed by atoms with Crippen molar-refractivity contribution >= 4 is 21.6 Å². The van der Waals surface area contributed by atoms with Crippen LogP contribution in [-0.2, 0) is 33.7 Å². The first-order chi connectivity index (χ1) is 18.0. The predicted octanol–water partition coefficient (Wildman–Crippen LogP) is 4.09. The molecular formula is C29H33N3O4S. The van der Waals surface area contributed by atoms with Crippen molar-refractivity contribution in [1.82, 2.24) is 10.2 Å². The minimum absolute atomic E-state index is 0.0760. The zero-order chi connectivity index (χ0) is 25.7. The quantitative estimate of drug-likeness (QED) is 0.485. The van der Waals surface area contributed by atoms with E-state index in [9.17, 15) is 13.2 Å². The Hall–Kier alpha value is -3.36. The van der Waals surface area contributed by atoms with Gasteiger partial charge in [0, 0.05) is 13.1 Å². The van der Waals surface area contributed by atoms with Gasteiger partial charge in [-0.25, -0.2) is 8.42 Å². The highest BCUT2D eigenvalue weighted by Crippen LogP contribution is 2.35. The zero-order valence-corrected chi connectivity index (χ0v) is 21.7. The van der Waals surface area contributed by atoms with Gasteiger partial charge in [-0.15, -0.1) is 0 Å². The van der Waals surface area contributed by atoms with Gasteiger partial charge in [-0.05, 0) is 54.8 Å². The van der Waals surface area contributed by atoms with Crippen LogP contribution in [0.25, 0.3) is 0 Å². The van der Waals surface area contributed by atoms with Crippen LogP contribution in [0.3, 0.4) is 0 Å². The smallest absolute Gasteiger partial charge is 0.263 e. The molecule has 1 amide bonds. The fourth-order valence-corrected chi connectivity index (χ4v) is 6.59. The Morgan fingerprint density at radius 3 is 2.32 bits per heavy atom. The van der Waals surface area contributed by atoms with Gasteiger partial charge in [-0.1, -0.05) is 73.2 Å². The molecule has 0 spiro atoms. The van der Waals surface area contributed by atoms with E-state index >= 15 is 0 Å². The van der Waals surface area contributed by atoms with E-state index in [1.807, 2.05) is 36.4 Å². The van der Waals surface area contributed by atoms with Crippen LogP contribution in [0.1, 0.15) is 36.0 Å². The molecule has 0 radical (unpaired) electrons. The lowest BCUT2D eigenvalue weighted by molar-refractivity contribution is -0.127. The van der Waals surface area contributed by atoms with Gasteiger partial charge in [0.2, 0.25) is 10.0 Å². The van der Waals surface area contributed by atoms with Crippen molar-refractivity contribution in [3.05, 3.63) is 95.6 Å². The molecule has 8 heteroatoms. The number of carbonyl (C=O) groups excluding carboxylic acids is 1. The van der Waals surface area contributed by atoms with Crippen molar-refractivity contribution in [2.75, 3.05) is 23.9 Å². The Morgan fingerprint density at radius 1 is 0.865 bits per heavy atom. The summed E-state index contributed by atoms with van der Waals surface area (Å²) in [5, 5.41) is 2.99. The summed E-state index contributed by atoms with van der Waals surface area (Å²) in [6.07, 6.45) is 2.79. The Balaban J connectivity index is 1.29. The van der Waals surface area contributed by atoms with Crippen LogP contribution >= 0.6 is 0 Å². The Kier molecular flexibility index (Phi) is 7.76. The van der Waals surface area contributed by atoms with E-state index in [2.05, 4.69) is 16.3 Å². The maximum absolute atomic E-state index is 13.4. The summed E-state index contributed by atoms with van der Waals surface area (Å²) in [5.41, 5.74) is 3.41. The summed E-state index contributed by atoms with van der Waals surface area (Å²) in [7, 11) is -3.74. The van der Waals surface area contributed by atoms with Crippen molar-refractivity contribution < 1.29 is 17.9 Å². The number of benzene rings is 3. The summed E-state index contributed by atoms with van der Waals surface area (Å²) < 4.78 is 34.2. The number of carbonyl (C=O) groups is 1. The number of hydrogen-bond acceptors (Lipinski definition) is 5. The number of nitrogens with one attached hydrogen (secondary N) is 1. The van der Waals surface area contributed by atoms with E-state index in [1.54, 1.807) is 36.4 Å². The normalized spacial score (nSPS) is 18.1. The molecule has 0 saturated carbocycles. The lowest BCUT2D eigenvalue weighted by Crippen LogP contribution is -2.50. The van der Waals surface area contributed by atoms with Crippen molar-refractivity contribution in [2.45, 2.75) is 44.2 Å². The Bertz CT molecular complexity index is 1320. The number of para-hydroxylation sites is 2. The average molecular weight is 520 g/mol. The number of hydrogen-bond donors (Lipinski definition) is 1. The topological polar surface area (TPSA) is 79.0 Å². The second-order valence-corrected chi connectivity index (χ2v) is 11.6. The summed E-state index contributed by atoms with van der Waals surface area (Å²) >= 11 is 0. The highest BCUT2D eigenvalue weighted by atomic mass is 32.2. The number of likely N-dealkylation sites (tertiary alicyclic amines) is 1. The summed E-state index contributed by atoms with van der Waals surface area (Å²) in [4.78, 5) is 15.7.